The molecule has 1 unspecified atom stereocenters. The van der Waals surface area contributed by atoms with Gasteiger partial charge in [0, 0.05) is 18.3 Å². The highest BCUT2D eigenvalue weighted by molar-refractivity contribution is 5.12. The van der Waals surface area contributed by atoms with Crippen LogP contribution in [0.3, 0.4) is 0 Å². The van der Waals surface area contributed by atoms with Crippen LogP contribution in [0.25, 0.3) is 0 Å². The lowest BCUT2D eigenvalue weighted by Gasteiger charge is -2.20. The Morgan fingerprint density at radius 1 is 1.35 bits per heavy atom. The van der Waals surface area contributed by atoms with E-state index < -0.39 is 12.2 Å². The van der Waals surface area contributed by atoms with Crippen molar-refractivity contribution >= 4 is 0 Å². The van der Waals surface area contributed by atoms with Gasteiger partial charge < -0.3 is 5.32 Å². The second kappa shape index (κ2) is 6.05. The van der Waals surface area contributed by atoms with Crippen LogP contribution < -0.4 is 5.32 Å². The summed E-state index contributed by atoms with van der Waals surface area (Å²) in [5.74, 6) is 0. The average Bonchev–Trinajstić information content (AvgIpc) is 2.65. The van der Waals surface area contributed by atoms with Gasteiger partial charge in [-0.1, -0.05) is 13.8 Å². The molecule has 0 saturated heterocycles. The summed E-state index contributed by atoms with van der Waals surface area (Å²) in [6.45, 7) is 4.76. The van der Waals surface area contributed by atoms with Gasteiger partial charge in [-0.2, -0.15) is 18.3 Å². The normalized spacial score (nSPS) is 13.9. The van der Waals surface area contributed by atoms with Crippen LogP contribution in [-0.2, 0) is 6.54 Å². The summed E-state index contributed by atoms with van der Waals surface area (Å²) in [6, 6.07) is -1.62. The summed E-state index contributed by atoms with van der Waals surface area (Å²) in [6.07, 6.45) is -0.0219. The van der Waals surface area contributed by atoms with Crippen molar-refractivity contribution in [3.63, 3.8) is 0 Å². The molecule has 0 bridgehead atoms. The van der Waals surface area contributed by atoms with Crippen LogP contribution in [0.1, 0.15) is 38.3 Å². The second-order valence-electron chi connectivity index (χ2n) is 3.97. The highest BCUT2D eigenvalue weighted by Gasteiger charge is 2.40. The lowest BCUT2D eigenvalue weighted by atomic mass is 10.1. The fraction of sp³-hybridized carbons (Fsp3) is 0.727. The van der Waals surface area contributed by atoms with Gasteiger partial charge in [-0.3, -0.25) is 4.68 Å². The minimum Gasteiger partial charge on any atom is -0.302 e. The van der Waals surface area contributed by atoms with Gasteiger partial charge in [0.05, 0.1) is 6.20 Å². The molecule has 1 atom stereocenters. The third-order valence-corrected chi connectivity index (χ3v) is 2.37. The Balaban J connectivity index is 2.80. The molecule has 0 aromatic carbocycles. The molecule has 1 N–H and O–H groups in total. The molecule has 0 fully saturated rings. The smallest absolute Gasteiger partial charge is 0.302 e. The molecular formula is C11H18F3N3. The number of aromatic nitrogens is 2. The molecule has 0 aliphatic heterocycles. The van der Waals surface area contributed by atoms with Crippen molar-refractivity contribution in [3.05, 3.63) is 18.0 Å². The van der Waals surface area contributed by atoms with Gasteiger partial charge in [0.1, 0.15) is 6.04 Å². The summed E-state index contributed by atoms with van der Waals surface area (Å²) in [7, 11) is 0. The van der Waals surface area contributed by atoms with E-state index in [0.29, 0.717) is 19.5 Å². The molecule has 1 heterocycles. The number of nitrogens with one attached hydrogen (secondary N) is 1. The molecule has 1 rings (SSSR count). The van der Waals surface area contributed by atoms with E-state index in [2.05, 4.69) is 10.4 Å². The first-order chi connectivity index (χ1) is 7.99. The zero-order chi connectivity index (χ0) is 12.9. The predicted octanol–water partition coefficient (Wildman–Crippen LogP) is 2.90. The van der Waals surface area contributed by atoms with Crippen molar-refractivity contribution in [3.8, 4) is 0 Å². The summed E-state index contributed by atoms with van der Waals surface area (Å²) >= 11 is 0. The van der Waals surface area contributed by atoms with Crippen molar-refractivity contribution in [1.29, 1.82) is 0 Å². The Labute approximate surface area is 99.0 Å². The number of aryl methyl sites for hydroxylation is 1. The first-order valence-corrected chi connectivity index (χ1v) is 5.81. The zero-order valence-electron chi connectivity index (χ0n) is 10.1. The number of halogens is 3. The highest BCUT2D eigenvalue weighted by atomic mass is 19.4. The molecule has 98 valence electrons. The minimum atomic E-state index is -4.28. The molecule has 17 heavy (non-hydrogen) atoms. The number of alkyl halides is 3. The van der Waals surface area contributed by atoms with Gasteiger partial charge in [-0.05, 0) is 19.4 Å². The van der Waals surface area contributed by atoms with E-state index in [9.17, 15) is 13.2 Å². The Hall–Kier alpha value is -1.04. The zero-order valence-corrected chi connectivity index (χ0v) is 10.1. The molecule has 0 radical (unpaired) electrons. The average molecular weight is 249 g/mol. The Bertz CT molecular complexity index is 333. The van der Waals surface area contributed by atoms with Crippen LogP contribution in [0.2, 0.25) is 0 Å². The van der Waals surface area contributed by atoms with Crippen LogP contribution in [0.4, 0.5) is 13.2 Å². The fourth-order valence-electron chi connectivity index (χ4n) is 1.59. The molecule has 6 heteroatoms. The third kappa shape index (κ3) is 4.03. The van der Waals surface area contributed by atoms with E-state index in [1.165, 1.54) is 12.4 Å². The third-order valence-electron chi connectivity index (χ3n) is 2.37. The molecule has 0 aliphatic rings. The van der Waals surface area contributed by atoms with E-state index in [1.807, 2.05) is 13.8 Å². The van der Waals surface area contributed by atoms with Gasteiger partial charge in [-0.15, -0.1) is 0 Å². The van der Waals surface area contributed by atoms with Crippen LogP contribution >= 0.6 is 0 Å². The standard InChI is InChI=1S/C11H18F3N3/c1-3-5-15-10(11(12,13)14)9-7-16-17(8-9)6-4-2/h7-8,10,15H,3-6H2,1-2H3. The summed E-state index contributed by atoms with van der Waals surface area (Å²) < 4.78 is 40.0. The van der Waals surface area contributed by atoms with Gasteiger partial charge in [0.15, 0.2) is 0 Å². The van der Waals surface area contributed by atoms with Gasteiger partial charge >= 0.3 is 6.18 Å². The maximum atomic E-state index is 12.8. The number of rotatable bonds is 6. The summed E-state index contributed by atoms with van der Waals surface area (Å²) in [5.41, 5.74) is 0.180. The lowest BCUT2D eigenvalue weighted by molar-refractivity contribution is -0.157. The van der Waals surface area contributed by atoms with Crippen molar-refractivity contribution in [1.82, 2.24) is 15.1 Å². The monoisotopic (exact) mass is 249 g/mol. The van der Waals surface area contributed by atoms with Crippen molar-refractivity contribution in [2.45, 2.75) is 45.5 Å². The molecule has 0 saturated carbocycles. The Kier molecular flexibility index (Phi) is 4.99. The number of hydrogen-bond donors (Lipinski definition) is 1. The van der Waals surface area contributed by atoms with E-state index in [0.717, 1.165) is 6.42 Å². The van der Waals surface area contributed by atoms with Crippen molar-refractivity contribution < 1.29 is 13.2 Å². The van der Waals surface area contributed by atoms with Gasteiger partial charge in [0.25, 0.3) is 0 Å². The van der Waals surface area contributed by atoms with Crippen LogP contribution in [0.5, 0.6) is 0 Å². The molecule has 0 spiro atoms. The minimum absolute atomic E-state index is 0.180. The van der Waals surface area contributed by atoms with Crippen molar-refractivity contribution in [2.24, 2.45) is 0 Å². The quantitative estimate of drug-likeness (QED) is 0.840. The van der Waals surface area contributed by atoms with E-state index in [-0.39, 0.29) is 5.56 Å². The first kappa shape index (κ1) is 14.0. The Morgan fingerprint density at radius 3 is 2.59 bits per heavy atom. The van der Waals surface area contributed by atoms with Gasteiger partial charge in [0.2, 0.25) is 0 Å². The molecular weight excluding hydrogens is 231 g/mol. The molecule has 0 aliphatic carbocycles. The number of nitrogens with zero attached hydrogens (tertiary/aromatic N) is 2. The molecule has 3 nitrogen and oxygen atoms in total. The van der Waals surface area contributed by atoms with Crippen molar-refractivity contribution in [2.75, 3.05) is 6.54 Å². The van der Waals surface area contributed by atoms with E-state index in [1.54, 1.807) is 4.68 Å². The Morgan fingerprint density at radius 2 is 2.06 bits per heavy atom. The largest absolute Gasteiger partial charge is 0.408 e. The molecule has 1 aromatic heterocycles. The topological polar surface area (TPSA) is 29.9 Å². The number of hydrogen-bond acceptors (Lipinski definition) is 2. The fourth-order valence-corrected chi connectivity index (χ4v) is 1.59. The highest BCUT2D eigenvalue weighted by Crippen LogP contribution is 2.32. The molecule has 0 amide bonds. The van der Waals surface area contributed by atoms with Crippen LogP contribution in [0, 0.1) is 0 Å². The van der Waals surface area contributed by atoms with E-state index >= 15 is 0 Å². The van der Waals surface area contributed by atoms with Crippen LogP contribution in [-0.4, -0.2) is 22.5 Å². The lowest BCUT2D eigenvalue weighted by Crippen LogP contribution is -2.34. The summed E-state index contributed by atoms with van der Waals surface area (Å²) in [4.78, 5) is 0. The second-order valence-corrected chi connectivity index (χ2v) is 3.97. The SMILES string of the molecule is CCCNC(c1cnn(CCC)c1)C(F)(F)F. The maximum absolute atomic E-state index is 12.8. The summed E-state index contributed by atoms with van der Waals surface area (Å²) in [5, 5.41) is 6.43. The van der Waals surface area contributed by atoms with Crippen LogP contribution in [0.15, 0.2) is 12.4 Å². The van der Waals surface area contributed by atoms with Gasteiger partial charge in [-0.25, -0.2) is 0 Å². The predicted molar refractivity (Wildman–Crippen MR) is 59.6 cm³/mol. The molecule has 1 aromatic rings. The maximum Gasteiger partial charge on any atom is 0.408 e. The van der Waals surface area contributed by atoms with E-state index in [4.69, 9.17) is 0 Å². The first-order valence-electron chi connectivity index (χ1n) is 5.81.